The Balaban J connectivity index is 2.26. The Labute approximate surface area is 113 Å². The van der Waals surface area contributed by atoms with E-state index in [9.17, 15) is 4.39 Å². The molecule has 0 saturated heterocycles. The number of aromatic nitrogens is 1. The van der Waals surface area contributed by atoms with Crippen LogP contribution in [0.15, 0.2) is 39.5 Å². The van der Waals surface area contributed by atoms with Gasteiger partial charge in [-0.3, -0.25) is 0 Å². The number of anilines is 1. The van der Waals surface area contributed by atoms with Crippen LogP contribution in [-0.2, 0) is 0 Å². The zero-order valence-electron chi connectivity index (χ0n) is 10.2. The van der Waals surface area contributed by atoms with Crippen LogP contribution in [0.25, 0.3) is 22.4 Å². The summed E-state index contributed by atoms with van der Waals surface area (Å²) in [6.07, 6.45) is 0. The van der Waals surface area contributed by atoms with Crippen molar-refractivity contribution in [3.8, 4) is 22.4 Å². The minimum atomic E-state index is -0.341. The maximum Gasteiger partial charge on any atom is 0.230 e. The van der Waals surface area contributed by atoms with Crippen molar-refractivity contribution in [3.05, 3.63) is 46.4 Å². The SMILES string of the molecule is Cc1cscc1-c1noc(N)c1-c1ccccc1F. The maximum absolute atomic E-state index is 13.9. The van der Waals surface area contributed by atoms with E-state index in [1.54, 1.807) is 29.5 Å². The molecule has 3 aromatic rings. The monoisotopic (exact) mass is 274 g/mol. The van der Waals surface area contributed by atoms with Gasteiger partial charge < -0.3 is 10.3 Å². The molecule has 2 N–H and O–H groups in total. The molecule has 0 atom stereocenters. The summed E-state index contributed by atoms with van der Waals surface area (Å²) in [4.78, 5) is 0. The number of hydrogen-bond donors (Lipinski definition) is 1. The lowest BCUT2D eigenvalue weighted by Gasteiger charge is -2.03. The second-order valence-corrected chi connectivity index (χ2v) is 4.96. The van der Waals surface area contributed by atoms with E-state index < -0.39 is 0 Å². The van der Waals surface area contributed by atoms with Crippen molar-refractivity contribution in [1.82, 2.24) is 5.16 Å². The third-order valence-corrected chi connectivity index (χ3v) is 3.83. The zero-order valence-corrected chi connectivity index (χ0v) is 11.0. The van der Waals surface area contributed by atoms with Crippen molar-refractivity contribution in [3.63, 3.8) is 0 Å². The van der Waals surface area contributed by atoms with E-state index in [-0.39, 0.29) is 11.7 Å². The predicted molar refractivity (Wildman–Crippen MR) is 74.4 cm³/mol. The van der Waals surface area contributed by atoms with Gasteiger partial charge in [-0.2, -0.15) is 11.3 Å². The predicted octanol–water partition coefficient (Wildman–Crippen LogP) is 4.10. The zero-order chi connectivity index (χ0) is 13.4. The van der Waals surface area contributed by atoms with Crippen LogP contribution in [0.2, 0.25) is 0 Å². The molecule has 2 heterocycles. The molecule has 19 heavy (non-hydrogen) atoms. The summed E-state index contributed by atoms with van der Waals surface area (Å²) in [7, 11) is 0. The van der Waals surface area contributed by atoms with Crippen molar-refractivity contribution < 1.29 is 8.91 Å². The molecule has 0 amide bonds. The third-order valence-electron chi connectivity index (χ3n) is 2.97. The average molecular weight is 274 g/mol. The molecular formula is C14H11FN2OS. The molecule has 0 unspecified atom stereocenters. The molecular weight excluding hydrogens is 263 g/mol. The van der Waals surface area contributed by atoms with Gasteiger partial charge in [0.1, 0.15) is 11.5 Å². The lowest BCUT2D eigenvalue weighted by Crippen LogP contribution is -1.90. The molecule has 96 valence electrons. The van der Waals surface area contributed by atoms with Crippen LogP contribution in [0.1, 0.15) is 5.56 Å². The van der Waals surface area contributed by atoms with E-state index in [1.807, 2.05) is 17.7 Å². The summed E-state index contributed by atoms with van der Waals surface area (Å²) in [5.41, 5.74) is 9.29. The molecule has 3 rings (SSSR count). The average Bonchev–Trinajstić information content (AvgIpc) is 2.96. The topological polar surface area (TPSA) is 52.0 Å². The van der Waals surface area contributed by atoms with Gasteiger partial charge in [0.05, 0.1) is 5.56 Å². The van der Waals surface area contributed by atoms with Crippen LogP contribution in [0.5, 0.6) is 0 Å². The quantitative estimate of drug-likeness (QED) is 0.765. The Morgan fingerprint density at radius 3 is 2.68 bits per heavy atom. The molecule has 0 radical (unpaired) electrons. The second kappa shape index (κ2) is 4.51. The van der Waals surface area contributed by atoms with E-state index >= 15 is 0 Å². The molecule has 1 aromatic carbocycles. The highest BCUT2D eigenvalue weighted by Crippen LogP contribution is 2.39. The Hall–Kier alpha value is -2.14. The van der Waals surface area contributed by atoms with Gasteiger partial charge >= 0.3 is 0 Å². The van der Waals surface area contributed by atoms with Gasteiger partial charge in [-0.05, 0) is 23.9 Å². The molecule has 0 saturated carbocycles. The Bertz CT molecular complexity index is 733. The van der Waals surface area contributed by atoms with Gasteiger partial charge in [0.25, 0.3) is 0 Å². The van der Waals surface area contributed by atoms with Gasteiger partial charge in [-0.15, -0.1) is 0 Å². The first-order chi connectivity index (χ1) is 9.18. The minimum absolute atomic E-state index is 0.130. The van der Waals surface area contributed by atoms with Crippen LogP contribution >= 0.6 is 11.3 Å². The number of nitrogens with zero attached hydrogens (tertiary/aromatic N) is 1. The minimum Gasteiger partial charge on any atom is -0.367 e. The summed E-state index contributed by atoms with van der Waals surface area (Å²) in [6, 6.07) is 6.46. The molecule has 3 nitrogen and oxygen atoms in total. The number of nitrogens with two attached hydrogens (primary N) is 1. The van der Waals surface area contributed by atoms with E-state index in [0.29, 0.717) is 16.8 Å². The molecule has 0 bridgehead atoms. The Kier molecular flexibility index (Phi) is 2.83. The highest BCUT2D eigenvalue weighted by atomic mass is 32.1. The molecule has 0 aliphatic rings. The Morgan fingerprint density at radius 1 is 1.21 bits per heavy atom. The first kappa shape index (κ1) is 11.9. The van der Waals surface area contributed by atoms with Gasteiger partial charge in [-0.1, -0.05) is 23.4 Å². The van der Waals surface area contributed by atoms with Crippen LogP contribution < -0.4 is 5.73 Å². The van der Waals surface area contributed by atoms with Gasteiger partial charge in [0.2, 0.25) is 5.88 Å². The van der Waals surface area contributed by atoms with E-state index in [1.165, 1.54) is 6.07 Å². The maximum atomic E-state index is 13.9. The summed E-state index contributed by atoms with van der Waals surface area (Å²) in [5.74, 6) is -0.211. The van der Waals surface area contributed by atoms with Crippen molar-refractivity contribution in [2.45, 2.75) is 6.92 Å². The lowest BCUT2D eigenvalue weighted by atomic mass is 10.0. The molecule has 0 spiro atoms. The van der Waals surface area contributed by atoms with Crippen LogP contribution in [0, 0.1) is 12.7 Å². The van der Waals surface area contributed by atoms with Crippen molar-refractivity contribution >= 4 is 17.2 Å². The highest BCUT2D eigenvalue weighted by molar-refractivity contribution is 7.08. The van der Waals surface area contributed by atoms with E-state index in [2.05, 4.69) is 5.16 Å². The number of aryl methyl sites for hydroxylation is 1. The van der Waals surface area contributed by atoms with E-state index in [4.69, 9.17) is 10.3 Å². The standard InChI is InChI=1S/C14H11FN2OS/c1-8-6-19-7-10(8)13-12(14(16)18-17-13)9-4-2-3-5-11(9)15/h2-7H,16H2,1H3. The molecule has 0 fully saturated rings. The number of benzene rings is 1. The first-order valence-corrected chi connectivity index (χ1v) is 6.66. The molecule has 2 aromatic heterocycles. The lowest BCUT2D eigenvalue weighted by molar-refractivity contribution is 0.439. The van der Waals surface area contributed by atoms with Gasteiger partial charge in [0, 0.05) is 16.5 Å². The fourth-order valence-corrected chi connectivity index (χ4v) is 2.85. The number of halogens is 1. The van der Waals surface area contributed by atoms with Crippen molar-refractivity contribution in [2.24, 2.45) is 0 Å². The summed E-state index contributed by atoms with van der Waals surface area (Å²) in [5, 5.41) is 7.94. The second-order valence-electron chi connectivity index (χ2n) is 4.22. The number of hydrogen-bond acceptors (Lipinski definition) is 4. The first-order valence-electron chi connectivity index (χ1n) is 5.71. The van der Waals surface area contributed by atoms with Crippen LogP contribution in [0.3, 0.4) is 0 Å². The van der Waals surface area contributed by atoms with Crippen LogP contribution in [0.4, 0.5) is 10.3 Å². The fraction of sp³-hybridized carbons (Fsp3) is 0.0714. The van der Waals surface area contributed by atoms with Crippen molar-refractivity contribution in [1.29, 1.82) is 0 Å². The Morgan fingerprint density at radius 2 is 2.00 bits per heavy atom. The molecule has 5 heteroatoms. The normalized spacial score (nSPS) is 10.8. The third kappa shape index (κ3) is 1.92. The largest absolute Gasteiger partial charge is 0.367 e. The number of rotatable bonds is 2. The molecule has 0 aliphatic heterocycles. The number of nitrogen functional groups attached to an aromatic ring is 1. The summed E-state index contributed by atoms with van der Waals surface area (Å²) in [6.45, 7) is 1.97. The molecule has 0 aliphatic carbocycles. The summed E-state index contributed by atoms with van der Waals surface area (Å²) >= 11 is 1.56. The highest BCUT2D eigenvalue weighted by Gasteiger charge is 2.21. The smallest absolute Gasteiger partial charge is 0.230 e. The van der Waals surface area contributed by atoms with E-state index in [0.717, 1.165) is 11.1 Å². The van der Waals surface area contributed by atoms with Crippen molar-refractivity contribution in [2.75, 3.05) is 5.73 Å². The van der Waals surface area contributed by atoms with Gasteiger partial charge in [0.15, 0.2) is 0 Å². The fourth-order valence-electron chi connectivity index (χ4n) is 2.01. The summed E-state index contributed by atoms with van der Waals surface area (Å²) < 4.78 is 19.0. The number of thiophene rings is 1. The van der Waals surface area contributed by atoms with Crippen LogP contribution in [-0.4, -0.2) is 5.16 Å². The van der Waals surface area contributed by atoms with Gasteiger partial charge in [-0.25, -0.2) is 4.39 Å².